The molecule has 1 saturated carbocycles. The Morgan fingerprint density at radius 1 is 1.71 bits per heavy atom. The van der Waals surface area contributed by atoms with Crippen molar-refractivity contribution in [2.24, 2.45) is 11.7 Å². The van der Waals surface area contributed by atoms with E-state index in [1.165, 1.54) is 24.2 Å². The fraction of sp³-hybridized carbons (Fsp3) is 0.500. The highest BCUT2D eigenvalue weighted by molar-refractivity contribution is 7.12. The first-order valence-corrected chi connectivity index (χ1v) is 5.56. The highest BCUT2D eigenvalue weighted by Gasteiger charge is 2.31. The van der Waals surface area contributed by atoms with E-state index in [4.69, 9.17) is 10.8 Å². The molecule has 3 nitrogen and oxygen atoms in total. The van der Waals surface area contributed by atoms with Crippen LogP contribution in [-0.4, -0.2) is 11.1 Å². The van der Waals surface area contributed by atoms with Crippen LogP contribution in [0.4, 0.5) is 0 Å². The monoisotopic (exact) mass is 211 g/mol. The number of thiophene rings is 1. The lowest BCUT2D eigenvalue weighted by molar-refractivity contribution is 0.0701. The molecule has 1 fully saturated rings. The first-order chi connectivity index (χ1) is 6.61. The second kappa shape index (κ2) is 3.37. The molecule has 76 valence electrons. The highest BCUT2D eigenvalue weighted by atomic mass is 32.1. The van der Waals surface area contributed by atoms with Crippen LogP contribution in [0, 0.1) is 12.8 Å². The minimum atomic E-state index is -0.846. The van der Waals surface area contributed by atoms with Crippen molar-refractivity contribution in [1.29, 1.82) is 0 Å². The van der Waals surface area contributed by atoms with Crippen LogP contribution in [0.25, 0.3) is 0 Å². The van der Waals surface area contributed by atoms with Gasteiger partial charge in [-0.25, -0.2) is 4.79 Å². The Labute approximate surface area is 86.6 Å². The predicted octanol–water partition coefficient (Wildman–Crippen LogP) is 2.16. The fourth-order valence-corrected chi connectivity index (χ4v) is 2.65. The maximum absolute atomic E-state index is 10.8. The van der Waals surface area contributed by atoms with Gasteiger partial charge in [-0.3, -0.25) is 0 Å². The third kappa shape index (κ3) is 1.55. The Morgan fingerprint density at radius 3 is 2.79 bits per heavy atom. The lowest BCUT2D eigenvalue weighted by Gasteiger charge is -2.09. The van der Waals surface area contributed by atoms with Crippen molar-refractivity contribution >= 4 is 17.3 Å². The van der Waals surface area contributed by atoms with Gasteiger partial charge in [0.25, 0.3) is 0 Å². The van der Waals surface area contributed by atoms with Crippen LogP contribution >= 0.6 is 11.3 Å². The molecule has 14 heavy (non-hydrogen) atoms. The van der Waals surface area contributed by atoms with Crippen molar-refractivity contribution in [1.82, 2.24) is 0 Å². The maximum atomic E-state index is 10.8. The molecule has 0 spiro atoms. The molecule has 0 aromatic carbocycles. The summed E-state index contributed by atoms with van der Waals surface area (Å²) in [6.07, 6.45) is 2.36. The van der Waals surface area contributed by atoms with Gasteiger partial charge in [0.2, 0.25) is 0 Å². The Kier molecular flexibility index (Phi) is 2.33. The lowest BCUT2D eigenvalue weighted by Crippen LogP contribution is -2.13. The Morgan fingerprint density at radius 2 is 2.36 bits per heavy atom. The minimum absolute atomic E-state index is 0.0411. The average Bonchev–Trinajstić information content (AvgIpc) is 2.88. The summed E-state index contributed by atoms with van der Waals surface area (Å²) in [7, 11) is 0. The van der Waals surface area contributed by atoms with Gasteiger partial charge in [-0.1, -0.05) is 0 Å². The summed E-state index contributed by atoms with van der Waals surface area (Å²) in [4.78, 5) is 11.2. The van der Waals surface area contributed by atoms with Gasteiger partial charge in [-0.05, 0) is 42.2 Å². The van der Waals surface area contributed by atoms with Crippen molar-refractivity contribution in [3.8, 4) is 0 Å². The van der Waals surface area contributed by atoms with E-state index in [1.807, 2.05) is 12.3 Å². The summed E-state index contributed by atoms with van der Waals surface area (Å²) < 4.78 is 0. The summed E-state index contributed by atoms with van der Waals surface area (Å²) >= 11 is 1.28. The number of carboxylic acid groups (broad SMARTS) is 1. The first kappa shape index (κ1) is 9.68. The van der Waals surface area contributed by atoms with E-state index in [0.717, 1.165) is 11.1 Å². The van der Waals surface area contributed by atoms with Gasteiger partial charge in [0.1, 0.15) is 4.88 Å². The smallest absolute Gasteiger partial charge is 0.346 e. The summed E-state index contributed by atoms with van der Waals surface area (Å²) in [5, 5.41) is 10.8. The van der Waals surface area contributed by atoms with Crippen molar-refractivity contribution in [3.05, 3.63) is 21.4 Å². The molecule has 3 N–H and O–H groups in total. The molecule has 0 radical (unpaired) electrons. The molecule has 1 aromatic rings. The Bertz CT molecular complexity index is 368. The predicted molar refractivity (Wildman–Crippen MR) is 55.7 cm³/mol. The molecule has 2 rings (SSSR count). The molecule has 1 aliphatic rings. The van der Waals surface area contributed by atoms with E-state index in [9.17, 15) is 4.79 Å². The third-order valence-corrected chi connectivity index (χ3v) is 3.85. The van der Waals surface area contributed by atoms with Crippen LogP contribution in [0.2, 0.25) is 0 Å². The Balaban J connectivity index is 2.30. The second-order valence-electron chi connectivity index (χ2n) is 3.81. The number of aromatic carboxylic acids is 1. The quantitative estimate of drug-likeness (QED) is 0.805. The maximum Gasteiger partial charge on any atom is 0.346 e. The molecule has 1 heterocycles. The number of carboxylic acids is 1. The van der Waals surface area contributed by atoms with Gasteiger partial charge in [0.15, 0.2) is 0 Å². The van der Waals surface area contributed by atoms with Crippen LogP contribution in [-0.2, 0) is 0 Å². The van der Waals surface area contributed by atoms with Crippen LogP contribution < -0.4 is 5.73 Å². The number of rotatable bonds is 3. The van der Waals surface area contributed by atoms with E-state index in [0.29, 0.717) is 10.8 Å². The zero-order valence-electron chi connectivity index (χ0n) is 7.99. The molecule has 0 unspecified atom stereocenters. The van der Waals surface area contributed by atoms with Crippen LogP contribution in [0.15, 0.2) is 5.38 Å². The standard InChI is InChI=1S/C10H13NO2S/c1-5-7(8(11)6-2-3-6)4-14-9(5)10(12)13/h4,6,8H,2-3,11H2,1H3,(H,12,13)/t8-/m1/s1. The first-order valence-electron chi connectivity index (χ1n) is 4.68. The van der Waals surface area contributed by atoms with Crippen molar-refractivity contribution in [2.75, 3.05) is 0 Å². The van der Waals surface area contributed by atoms with Gasteiger partial charge in [-0.15, -0.1) is 11.3 Å². The van der Waals surface area contributed by atoms with E-state index in [2.05, 4.69) is 0 Å². The zero-order chi connectivity index (χ0) is 10.3. The third-order valence-electron chi connectivity index (χ3n) is 2.76. The zero-order valence-corrected chi connectivity index (χ0v) is 8.80. The molecule has 0 bridgehead atoms. The highest BCUT2D eigenvalue weighted by Crippen LogP contribution is 2.41. The molecule has 1 aromatic heterocycles. The van der Waals surface area contributed by atoms with E-state index in [-0.39, 0.29) is 6.04 Å². The lowest BCUT2D eigenvalue weighted by atomic mass is 10.0. The SMILES string of the molecule is Cc1c([C@H](N)C2CC2)csc1C(=O)O. The molecule has 4 heteroatoms. The number of hydrogen-bond donors (Lipinski definition) is 2. The van der Waals surface area contributed by atoms with Crippen molar-refractivity contribution in [2.45, 2.75) is 25.8 Å². The molecule has 1 aliphatic carbocycles. The summed E-state index contributed by atoms with van der Waals surface area (Å²) in [5.41, 5.74) is 7.90. The largest absolute Gasteiger partial charge is 0.477 e. The Hall–Kier alpha value is -0.870. The summed E-state index contributed by atoms with van der Waals surface area (Å²) in [6.45, 7) is 1.84. The summed E-state index contributed by atoms with van der Waals surface area (Å²) in [6, 6.07) is 0.0411. The van der Waals surface area contributed by atoms with Gasteiger partial charge >= 0.3 is 5.97 Å². The molecule has 0 aliphatic heterocycles. The van der Waals surface area contributed by atoms with Crippen molar-refractivity contribution in [3.63, 3.8) is 0 Å². The molecule has 1 atom stereocenters. The number of hydrogen-bond acceptors (Lipinski definition) is 3. The molecule has 0 saturated heterocycles. The minimum Gasteiger partial charge on any atom is -0.477 e. The fourth-order valence-electron chi connectivity index (χ4n) is 1.68. The van der Waals surface area contributed by atoms with E-state index < -0.39 is 5.97 Å². The van der Waals surface area contributed by atoms with Gasteiger partial charge in [0.05, 0.1) is 0 Å². The average molecular weight is 211 g/mol. The van der Waals surface area contributed by atoms with Gasteiger partial charge < -0.3 is 10.8 Å². The molecule has 0 amide bonds. The van der Waals surface area contributed by atoms with E-state index >= 15 is 0 Å². The van der Waals surface area contributed by atoms with Gasteiger partial charge in [-0.2, -0.15) is 0 Å². The number of carbonyl (C=O) groups is 1. The van der Waals surface area contributed by atoms with Crippen LogP contribution in [0.5, 0.6) is 0 Å². The van der Waals surface area contributed by atoms with Gasteiger partial charge in [0, 0.05) is 6.04 Å². The normalized spacial score (nSPS) is 18.1. The molecular weight excluding hydrogens is 198 g/mol. The topological polar surface area (TPSA) is 63.3 Å². The van der Waals surface area contributed by atoms with Crippen molar-refractivity contribution < 1.29 is 9.90 Å². The van der Waals surface area contributed by atoms with Crippen LogP contribution in [0.1, 0.15) is 39.7 Å². The second-order valence-corrected chi connectivity index (χ2v) is 4.69. The van der Waals surface area contributed by atoms with Crippen LogP contribution in [0.3, 0.4) is 0 Å². The summed E-state index contributed by atoms with van der Waals surface area (Å²) in [5.74, 6) is -0.272. The van der Waals surface area contributed by atoms with E-state index in [1.54, 1.807) is 0 Å². The molecular formula is C10H13NO2S. The number of nitrogens with two attached hydrogens (primary N) is 1.